The summed E-state index contributed by atoms with van der Waals surface area (Å²) in [5.74, 6) is 0. The molecule has 20 heavy (non-hydrogen) atoms. The fraction of sp³-hybridized carbons (Fsp3) is 0.444. The summed E-state index contributed by atoms with van der Waals surface area (Å²) < 4.78 is 0. The zero-order chi connectivity index (χ0) is 14.8. The van der Waals surface area contributed by atoms with Crippen molar-refractivity contribution in [2.75, 3.05) is 0 Å². The molecule has 0 fully saturated rings. The summed E-state index contributed by atoms with van der Waals surface area (Å²) in [5, 5.41) is 6.29. The third kappa shape index (κ3) is 5.63. The molecule has 0 spiro atoms. The molecule has 0 atom stereocenters. The molecule has 0 heterocycles. The Morgan fingerprint density at radius 2 is 1.20 bits per heavy atom. The van der Waals surface area contributed by atoms with Gasteiger partial charge in [0.15, 0.2) is 0 Å². The van der Waals surface area contributed by atoms with E-state index in [1.165, 1.54) is 12.8 Å². The summed E-state index contributed by atoms with van der Waals surface area (Å²) in [6.07, 6.45) is 9.46. The molecule has 0 bridgehead atoms. The second-order valence-electron chi connectivity index (χ2n) is 4.78. The van der Waals surface area contributed by atoms with E-state index >= 15 is 0 Å². The molecule has 0 aromatic heterocycles. The Kier molecular flexibility index (Phi) is 8.55. The lowest BCUT2D eigenvalue weighted by Crippen LogP contribution is -2.37. The van der Waals surface area contributed by atoms with E-state index in [1.54, 1.807) is 20.8 Å². The smallest absolute Gasteiger partial charge is 0.0895 e. The van der Waals surface area contributed by atoms with Crippen LogP contribution >= 0.6 is 0 Å². The number of hydrogen-bond acceptors (Lipinski definition) is 0. The van der Waals surface area contributed by atoms with Crippen LogP contribution in [0.4, 0.5) is 0 Å². The maximum Gasteiger partial charge on any atom is 0.115 e. The first kappa shape index (κ1) is 17.2. The summed E-state index contributed by atoms with van der Waals surface area (Å²) in [4.78, 5) is 0. The fourth-order valence-electron chi connectivity index (χ4n) is 2.11. The van der Waals surface area contributed by atoms with Gasteiger partial charge in [0.25, 0.3) is 0 Å². The van der Waals surface area contributed by atoms with E-state index in [9.17, 15) is 0 Å². The molecule has 0 unspecified atom stereocenters. The van der Waals surface area contributed by atoms with Gasteiger partial charge >= 0.3 is 0 Å². The van der Waals surface area contributed by atoms with Gasteiger partial charge in [-0.05, 0) is 25.7 Å². The first-order valence-corrected chi connectivity index (χ1v) is 9.76. The standard InChI is InChI=1S/C18H26Si2/c1-5-11-15(7-3)19-17-13-9-10-14-18(17)20-16(8-4)12-6-2/h9-14H,5-8H2,1-4H3. The van der Waals surface area contributed by atoms with Crippen molar-refractivity contribution in [3.8, 4) is 0 Å². The van der Waals surface area contributed by atoms with Crippen LogP contribution < -0.4 is 10.4 Å². The lowest BCUT2D eigenvalue weighted by Gasteiger charge is -2.11. The van der Waals surface area contributed by atoms with Crippen molar-refractivity contribution < 1.29 is 0 Å². The second kappa shape index (κ2) is 9.95. The minimum Gasteiger partial charge on any atom is -0.0895 e. The van der Waals surface area contributed by atoms with E-state index in [-0.39, 0.29) is 0 Å². The Morgan fingerprint density at radius 1 is 0.800 bits per heavy atom. The van der Waals surface area contributed by atoms with Crippen molar-refractivity contribution in [1.29, 1.82) is 0 Å². The summed E-state index contributed by atoms with van der Waals surface area (Å²) >= 11 is 0. The summed E-state index contributed by atoms with van der Waals surface area (Å²) in [5.41, 5.74) is 0. The van der Waals surface area contributed by atoms with Crippen molar-refractivity contribution in [3.63, 3.8) is 0 Å². The van der Waals surface area contributed by atoms with Gasteiger partial charge in [-0.1, -0.05) is 84.9 Å². The van der Waals surface area contributed by atoms with Crippen LogP contribution in [-0.4, -0.2) is 19.0 Å². The van der Waals surface area contributed by atoms with Crippen LogP contribution in [-0.2, 0) is 0 Å². The average molecular weight is 299 g/mol. The monoisotopic (exact) mass is 298 g/mol. The Morgan fingerprint density at radius 3 is 1.50 bits per heavy atom. The predicted molar refractivity (Wildman–Crippen MR) is 94.5 cm³/mol. The maximum atomic E-state index is 2.40. The molecule has 0 aliphatic rings. The molecule has 0 amide bonds. The van der Waals surface area contributed by atoms with Crippen LogP contribution in [0.1, 0.15) is 53.4 Å². The summed E-state index contributed by atoms with van der Waals surface area (Å²) in [7, 11) is 1.69. The van der Waals surface area contributed by atoms with Crippen molar-refractivity contribution in [1.82, 2.24) is 0 Å². The topological polar surface area (TPSA) is 0 Å². The largest absolute Gasteiger partial charge is 0.115 e. The van der Waals surface area contributed by atoms with Crippen LogP contribution in [0, 0.1) is 0 Å². The molecule has 2 heteroatoms. The highest BCUT2D eigenvalue weighted by Gasteiger charge is 2.07. The molecule has 0 aliphatic heterocycles. The van der Waals surface area contributed by atoms with Gasteiger partial charge in [-0.25, -0.2) is 0 Å². The minimum atomic E-state index is 0.845. The van der Waals surface area contributed by atoms with E-state index in [2.05, 4.69) is 64.1 Å². The molecule has 0 saturated heterocycles. The summed E-state index contributed by atoms with van der Waals surface area (Å²) in [6.45, 7) is 9.00. The second-order valence-corrected chi connectivity index (χ2v) is 7.64. The Hall–Kier alpha value is -0.866. The van der Waals surface area contributed by atoms with Gasteiger partial charge in [0.05, 0.1) is 0 Å². The molecule has 1 aromatic carbocycles. The van der Waals surface area contributed by atoms with E-state index in [1.807, 2.05) is 0 Å². The first-order chi connectivity index (χ1) is 9.74. The number of hydrogen-bond donors (Lipinski definition) is 0. The highest BCUT2D eigenvalue weighted by Crippen LogP contribution is 2.02. The number of allylic oxidation sites excluding steroid dienone is 4. The minimum absolute atomic E-state index is 0.845. The zero-order valence-electron chi connectivity index (χ0n) is 13.3. The molecular formula is C18H26Si2. The molecule has 0 nitrogen and oxygen atoms in total. The van der Waals surface area contributed by atoms with Crippen molar-refractivity contribution in [2.24, 2.45) is 0 Å². The Labute approximate surface area is 130 Å². The Balaban J connectivity index is 2.93. The van der Waals surface area contributed by atoms with Crippen LogP contribution in [0.25, 0.3) is 0 Å². The van der Waals surface area contributed by atoms with E-state index < -0.39 is 0 Å². The van der Waals surface area contributed by atoms with Crippen LogP contribution in [0.15, 0.2) is 46.8 Å². The maximum absolute atomic E-state index is 2.40. The molecule has 0 aliphatic carbocycles. The van der Waals surface area contributed by atoms with E-state index in [4.69, 9.17) is 0 Å². The van der Waals surface area contributed by atoms with Crippen molar-refractivity contribution in [3.05, 3.63) is 46.8 Å². The van der Waals surface area contributed by atoms with Gasteiger partial charge in [0.1, 0.15) is 19.0 Å². The SMILES string of the molecule is CCC=C(CC)[Si]c1ccccc1[Si]C(=CCC)CC. The third-order valence-corrected chi connectivity index (χ3v) is 6.60. The van der Waals surface area contributed by atoms with Crippen LogP contribution in [0.5, 0.6) is 0 Å². The molecule has 106 valence electrons. The normalized spacial score (nSPS) is 12.8. The quantitative estimate of drug-likeness (QED) is 0.641. The highest BCUT2D eigenvalue weighted by molar-refractivity contribution is 6.72. The summed E-state index contributed by atoms with van der Waals surface area (Å²) in [6, 6.07) is 9.01. The molecule has 0 saturated carbocycles. The fourth-order valence-corrected chi connectivity index (χ4v) is 4.94. The zero-order valence-corrected chi connectivity index (χ0v) is 15.3. The van der Waals surface area contributed by atoms with Gasteiger partial charge < -0.3 is 0 Å². The number of benzene rings is 1. The van der Waals surface area contributed by atoms with Gasteiger partial charge in [0, 0.05) is 0 Å². The lowest BCUT2D eigenvalue weighted by atomic mass is 10.3. The third-order valence-electron chi connectivity index (χ3n) is 3.18. The van der Waals surface area contributed by atoms with Crippen LogP contribution in [0.3, 0.4) is 0 Å². The molecule has 0 N–H and O–H groups in total. The van der Waals surface area contributed by atoms with E-state index in [0.717, 1.165) is 31.9 Å². The molecule has 1 aromatic rings. The average Bonchev–Trinajstić information content (AvgIpc) is 2.48. The van der Waals surface area contributed by atoms with Gasteiger partial charge in [-0.3, -0.25) is 0 Å². The molecular weight excluding hydrogens is 272 g/mol. The molecule has 4 radical (unpaired) electrons. The molecule has 1 rings (SSSR count). The first-order valence-electron chi connectivity index (χ1n) is 7.76. The van der Waals surface area contributed by atoms with Gasteiger partial charge in [-0.2, -0.15) is 0 Å². The predicted octanol–water partition coefficient (Wildman–Crippen LogP) is 3.75. The van der Waals surface area contributed by atoms with Gasteiger partial charge in [0.2, 0.25) is 0 Å². The Bertz CT molecular complexity index is 415. The van der Waals surface area contributed by atoms with Gasteiger partial charge in [-0.15, -0.1) is 0 Å². The van der Waals surface area contributed by atoms with Crippen molar-refractivity contribution >= 4 is 29.4 Å². The number of rotatable bonds is 8. The lowest BCUT2D eigenvalue weighted by molar-refractivity contribution is 1.13. The van der Waals surface area contributed by atoms with Crippen LogP contribution in [0.2, 0.25) is 0 Å². The van der Waals surface area contributed by atoms with Crippen molar-refractivity contribution in [2.45, 2.75) is 53.4 Å². The highest BCUT2D eigenvalue weighted by atomic mass is 28.2. The van der Waals surface area contributed by atoms with E-state index in [0.29, 0.717) is 0 Å².